The lowest BCUT2D eigenvalue weighted by Crippen LogP contribution is -2.24. The summed E-state index contributed by atoms with van der Waals surface area (Å²) in [7, 11) is 0. The van der Waals surface area contributed by atoms with Crippen LogP contribution >= 0.6 is 11.8 Å². The van der Waals surface area contributed by atoms with Crippen molar-refractivity contribution in [1.29, 1.82) is 0 Å². The Morgan fingerprint density at radius 2 is 2.00 bits per heavy atom. The van der Waals surface area contributed by atoms with Gasteiger partial charge in [0.2, 0.25) is 5.91 Å². The summed E-state index contributed by atoms with van der Waals surface area (Å²) in [4.78, 5) is 14.6. The molecule has 3 rings (SSSR count). The van der Waals surface area contributed by atoms with E-state index in [1.165, 1.54) is 9.79 Å². The zero-order chi connectivity index (χ0) is 15.4. The van der Waals surface area contributed by atoms with E-state index in [1.807, 2.05) is 31.2 Å². The zero-order valence-electron chi connectivity index (χ0n) is 12.6. The Morgan fingerprint density at radius 1 is 1.18 bits per heavy atom. The number of amides is 1. The molecule has 2 aromatic rings. The van der Waals surface area contributed by atoms with Gasteiger partial charge >= 0.3 is 0 Å². The van der Waals surface area contributed by atoms with Crippen LogP contribution in [0.25, 0.3) is 0 Å². The first kappa shape index (κ1) is 15.1. The first-order valence-corrected chi connectivity index (χ1v) is 8.39. The molecular formula is C18H20N2OS. The maximum absolute atomic E-state index is 12.2. The molecule has 1 amide bonds. The van der Waals surface area contributed by atoms with Crippen molar-refractivity contribution in [2.45, 2.75) is 23.1 Å². The quantitative estimate of drug-likeness (QED) is 0.904. The van der Waals surface area contributed by atoms with Crippen molar-refractivity contribution in [2.24, 2.45) is 5.92 Å². The van der Waals surface area contributed by atoms with Gasteiger partial charge in [-0.3, -0.25) is 4.79 Å². The van der Waals surface area contributed by atoms with Crippen molar-refractivity contribution >= 4 is 23.4 Å². The van der Waals surface area contributed by atoms with Crippen LogP contribution in [0.1, 0.15) is 12.0 Å². The predicted octanol–water partition coefficient (Wildman–Crippen LogP) is 3.69. The van der Waals surface area contributed by atoms with Crippen molar-refractivity contribution in [3.63, 3.8) is 0 Å². The molecule has 3 nitrogen and oxygen atoms in total. The molecule has 2 N–H and O–H groups in total. The number of nitrogens with one attached hydrogen (secondary N) is 2. The van der Waals surface area contributed by atoms with E-state index in [2.05, 4.69) is 34.9 Å². The third-order valence-corrected chi connectivity index (χ3v) is 4.86. The predicted molar refractivity (Wildman–Crippen MR) is 91.4 cm³/mol. The normalized spacial score (nSPS) is 17.4. The average molecular weight is 312 g/mol. The van der Waals surface area contributed by atoms with Gasteiger partial charge in [0.15, 0.2) is 0 Å². The summed E-state index contributed by atoms with van der Waals surface area (Å²) in [6, 6.07) is 16.5. The van der Waals surface area contributed by atoms with Crippen LogP contribution in [0.15, 0.2) is 58.3 Å². The van der Waals surface area contributed by atoms with Gasteiger partial charge < -0.3 is 10.6 Å². The molecule has 0 aliphatic carbocycles. The SMILES string of the molecule is Cc1cc(Sc2ccccc2)ccc1NC(=O)C1CCNC1. The number of benzene rings is 2. The fraction of sp³-hybridized carbons (Fsp3) is 0.278. The Balaban J connectivity index is 1.68. The van der Waals surface area contributed by atoms with Gasteiger partial charge in [-0.2, -0.15) is 0 Å². The maximum atomic E-state index is 12.2. The summed E-state index contributed by atoms with van der Waals surface area (Å²) >= 11 is 1.73. The van der Waals surface area contributed by atoms with Crippen LogP contribution in [0.4, 0.5) is 5.69 Å². The van der Waals surface area contributed by atoms with E-state index in [4.69, 9.17) is 0 Å². The molecule has 1 heterocycles. The van der Waals surface area contributed by atoms with Crippen LogP contribution in [-0.4, -0.2) is 19.0 Å². The molecule has 0 radical (unpaired) electrons. The monoisotopic (exact) mass is 312 g/mol. The lowest BCUT2D eigenvalue weighted by molar-refractivity contribution is -0.119. The van der Waals surface area contributed by atoms with Crippen molar-refractivity contribution in [2.75, 3.05) is 18.4 Å². The molecule has 1 fully saturated rings. The Hall–Kier alpha value is -1.78. The molecule has 1 atom stereocenters. The van der Waals surface area contributed by atoms with Gasteiger partial charge in [-0.25, -0.2) is 0 Å². The Kier molecular flexibility index (Phi) is 4.80. The number of anilines is 1. The molecule has 114 valence electrons. The maximum Gasteiger partial charge on any atom is 0.228 e. The average Bonchev–Trinajstić information content (AvgIpc) is 3.05. The standard InChI is InChI=1S/C18H20N2OS/c1-13-11-16(22-15-5-3-2-4-6-15)7-8-17(13)20-18(21)14-9-10-19-12-14/h2-8,11,14,19H,9-10,12H2,1H3,(H,20,21). The zero-order valence-corrected chi connectivity index (χ0v) is 13.5. The van der Waals surface area contributed by atoms with Crippen molar-refractivity contribution in [1.82, 2.24) is 5.32 Å². The molecule has 2 aromatic carbocycles. The molecule has 22 heavy (non-hydrogen) atoms. The highest BCUT2D eigenvalue weighted by Gasteiger charge is 2.22. The second-order valence-electron chi connectivity index (χ2n) is 5.57. The number of aryl methyl sites for hydroxylation is 1. The molecule has 1 aliphatic heterocycles. The van der Waals surface area contributed by atoms with E-state index in [9.17, 15) is 4.79 Å². The molecule has 0 saturated carbocycles. The molecule has 0 aromatic heterocycles. The van der Waals surface area contributed by atoms with E-state index in [-0.39, 0.29) is 11.8 Å². The van der Waals surface area contributed by atoms with Crippen molar-refractivity contribution < 1.29 is 4.79 Å². The van der Waals surface area contributed by atoms with Crippen LogP contribution < -0.4 is 10.6 Å². The molecule has 0 spiro atoms. The number of carbonyl (C=O) groups is 1. The third kappa shape index (κ3) is 3.70. The minimum Gasteiger partial charge on any atom is -0.326 e. The van der Waals surface area contributed by atoms with Gasteiger partial charge in [-0.05, 0) is 55.8 Å². The van der Waals surface area contributed by atoms with Crippen molar-refractivity contribution in [3.05, 3.63) is 54.1 Å². The minimum atomic E-state index is 0.0952. The fourth-order valence-corrected chi connectivity index (χ4v) is 3.51. The molecule has 1 saturated heterocycles. The molecule has 0 bridgehead atoms. The van der Waals surface area contributed by atoms with Crippen molar-refractivity contribution in [3.8, 4) is 0 Å². The van der Waals surface area contributed by atoms with Gasteiger partial charge in [0.25, 0.3) is 0 Å². The summed E-state index contributed by atoms with van der Waals surface area (Å²) in [5.41, 5.74) is 2.01. The van der Waals surface area contributed by atoms with Crippen LogP contribution in [-0.2, 0) is 4.79 Å². The van der Waals surface area contributed by atoms with E-state index in [0.29, 0.717) is 0 Å². The van der Waals surface area contributed by atoms with E-state index >= 15 is 0 Å². The Bertz CT molecular complexity index is 651. The number of hydrogen-bond donors (Lipinski definition) is 2. The van der Waals surface area contributed by atoms with Crippen LogP contribution in [0.3, 0.4) is 0 Å². The second-order valence-corrected chi connectivity index (χ2v) is 6.72. The van der Waals surface area contributed by atoms with Gasteiger partial charge in [0, 0.05) is 22.0 Å². The molecule has 4 heteroatoms. The Labute approximate surface area is 135 Å². The third-order valence-electron chi connectivity index (χ3n) is 3.87. The van der Waals surface area contributed by atoms with Gasteiger partial charge in [0.1, 0.15) is 0 Å². The highest BCUT2D eigenvalue weighted by molar-refractivity contribution is 7.99. The minimum absolute atomic E-state index is 0.0952. The lowest BCUT2D eigenvalue weighted by atomic mass is 10.1. The number of carbonyl (C=O) groups excluding carboxylic acids is 1. The molecule has 1 aliphatic rings. The van der Waals surface area contributed by atoms with Crippen LogP contribution in [0.5, 0.6) is 0 Å². The summed E-state index contributed by atoms with van der Waals surface area (Å²) < 4.78 is 0. The Morgan fingerprint density at radius 3 is 2.68 bits per heavy atom. The largest absolute Gasteiger partial charge is 0.326 e. The summed E-state index contributed by atoms with van der Waals surface area (Å²) in [6.07, 6.45) is 0.923. The topological polar surface area (TPSA) is 41.1 Å². The fourth-order valence-electron chi connectivity index (χ4n) is 2.58. The molecule has 1 unspecified atom stereocenters. The first-order valence-electron chi connectivity index (χ1n) is 7.57. The smallest absolute Gasteiger partial charge is 0.228 e. The lowest BCUT2D eigenvalue weighted by Gasteiger charge is -2.13. The second kappa shape index (κ2) is 6.99. The summed E-state index contributed by atoms with van der Waals surface area (Å²) in [5, 5.41) is 6.28. The first-order chi connectivity index (χ1) is 10.7. The van der Waals surface area contributed by atoms with E-state index in [0.717, 1.165) is 30.8 Å². The van der Waals surface area contributed by atoms with Gasteiger partial charge in [-0.1, -0.05) is 30.0 Å². The molecular weight excluding hydrogens is 292 g/mol. The summed E-state index contributed by atoms with van der Waals surface area (Å²) in [5.74, 6) is 0.217. The van der Waals surface area contributed by atoms with Gasteiger partial charge in [0.05, 0.1) is 5.92 Å². The summed E-state index contributed by atoms with van der Waals surface area (Å²) in [6.45, 7) is 3.76. The van der Waals surface area contributed by atoms with Crippen LogP contribution in [0.2, 0.25) is 0 Å². The highest BCUT2D eigenvalue weighted by Crippen LogP contribution is 2.30. The van der Waals surface area contributed by atoms with Crippen LogP contribution in [0, 0.1) is 12.8 Å². The number of rotatable bonds is 4. The van der Waals surface area contributed by atoms with Gasteiger partial charge in [-0.15, -0.1) is 0 Å². The van der Waals surface area contributed by atoms with E-state index in [1.54, 1.807) is 11.8 Å². The highest BCUT2D eigenvalue weighted by atomic mass is 32.2. The number of hydrogen-bond acceptors (Lipinski definition) is 3. The van der Waals surface area contributed by atoms with E-state index < -0.39 is 0 Å².